The van der Waals surface area contributed by atoms with Crippen molar-refractivity contribution in [3.05, 3.63) is 23.8 Å². The molecule has 1 aromatic rings. The Bertz CT molecular complexity index is 392. The Morgan fingerprint density at radius 1 is 1.24 bits per heavy atom. The van der Waals surface area contributed by atoms with E-state index in [9.17, 15) is 4.79 Å². The molecule has 0 saturated carbocycles. The van der Waals surface area contributed by atoms with Crippen LogP contribution < -0.4 is 15.2 Å². The van der Waals surface area contributed by atoms with Crippen LogP contribution in [0.15, 0.2) is 18.2 Å². The Hall–Kier alpha value is -1.75. The quantitative estimate of drug-likeness (QED) is 0.768. The Morgan fingerprint density at radius 2 is 1.88 bits per heavy atom. The Labute approximate surface area is 100 Å². The molecule has 0 bridgehead atoms. The lowest BCUT2D eigenvalue weighted by Gasteiger charge is -2.12. The molecule has 1 unspecified atom stereocenters. The van der Waals surface area contributed by atoms with Gasteiger partial charge in [-0.2, -0.15) is 0 Å². The lowest BCUT2D eigenvalue weighted by molar-refractivity contribution is -0.142. The summed E-state index contributed by atoms with van der Waals surface area (Å²) in [5.41, 5.74) is 6.56. The van der Waals surface area contributed by atoms with Crippen molar-refractivity contribution in [2.45, 2.75) is 12.5 Å². The van der Waals surface area contributed by atoms with E-state index in [4.69, 9.17) is 15.2 Å². The number of rotatable bonds is 5. The van der Waals surface area contributed by atoms with Gasteiger partial charge in [0, 0.05) is 0 Å². The van der Waals surface area contributed by atoms with Gasteiger partial charge in [-0.1, -0.05) is 6.07 Å². The second-order valence-corrected chi connectivity index (χ2v) is 3.52. The smallest absolute Gasteiger partial charge is 0.322 e. The van der Waals surface area contributed by atoms with Crippen LogP contribution in [0.5, 0.6) is 11.5 Å². The fourth-order valence-electron chi connectivity index (χ4n) is 1.50. The van der Waals surface area contributed by atoms with Gasteiger partial charge in [-0.05, 0) is 24.1 Å². The van der Waals surface area contributed by atoms with Crippen LogP contribution in [0, 0.1) is 0 Å². The number of methoxy groups -OCH3 is 3. The summed E-state index contributed by atoms with van der Waals surface area (Å²) in [6.45, 7) is 0. The van der Waals surface area contributed by atoms with Crippen LogP contribution in [0.4, 0.5) is 0 Å². The largest absolute Gasteiger partial charge is 0.493 e. The number of benzene rings is 1. The summed E-state index contributed by atoms with van der Waals surface area (Å²) in [6, 6.07) is 4.74. The molecule has 2 N–H and O–H groups in total. The van der Waals surface area contributed by atoms with Crippen LogP contribution in [-0.4, -0.2) is 33.3 Å². The van der Waals surface area contributed by atoms with E-state index >= 15 is 0 Å². The Morgan fingerprint density at radius 3 is 2.41 bits per heavy atom. The second kappa shape index (κ2) is 6.10. The molecule has 17 heavy (non-hydrogen) atoms. The molecule has 0 aliphatic rings. The van der Waals surface area contributed by atoms with E-state index in [1.54, 1.807) is 26.4 Å². The zero-order chi connectivity index (χ0) is 12.8. The molecule has 1 rings (SSSR count). The minimum absolute atomic E-state index is 0.396. The molecule has 5 nitrogen and oxygen atoms in total. The number of hydrogen-bond acceptors (Lipinski definition) is 5. The second-order valence-electron chi connectivity index (χ2n) is 3.52. The third kappa shape index (κ3) is 3.35. The van der Waals surface area contributed by atoms with Crippen molar-refractivity contribution in [1.82, 2.24) is 0 Å². The molecule has 0 spiro atoms. The van der Waals surface area contributed by atoms with Crippen molar-refractivity contribution in [1.29, 1.82) is 0 Å². The first-order valence-corrected chi connectivity index (χ1v) is 5.16. The maximum atomic E-state index is 11.2. The SMILES string of the molecule is COC(=O)C(N)Cc1ccc(OC)c(OC)c1. The van der Waals surface area contributed by atoms with Gasteiger partial charge in [-0.15, -0.1) is 0 Å². The summed E-state index contributed by atoms with van der Waals surface area (Å²) in [6.07, 6.45) is 0.396. The molecule has 1 aromatic carbocycles. The number of nitrogens with two attached hydrogens (primary N) is 1. The van der Waals surface area contributed by atoms with Gasteiger partial charge in [0.15, 0.2) is 11.5 Å². The van der Waals surface area contributed by atoms with E-state index in [1.807, 2.05) is 6.07 Å². The minimum Gasteiger partial charge on any atom is -0.493 e. The van der Waals surface area contributed by atoms with Gasteiger partial charge in [-0.25, -0.2) is 0 Å². The zero-order valence-electron chi connectivity index (χ0n) is 10.2. The van der Waals surface area contributed by atoms with Crippen LogP contribution in [0.3, 0.4) is 0 Å². The Balaban J connectivity index is 2.82. The van der Waals surface area contributed by atoms with Gasteiger partial charge >= 0.3 is 5.97 Å². The summed E-state index contributed by atoms with van der Waals surface area (Å²) in [5, 5.41) is 0. The van der Waals surface area contributed by atoms with E-state index in [0.29, 0.717) is 17.9 Å². The lowest BCUT2D eigenvalue weighted by Crippen LogP contribution is -2.33. The average Bonchev–Trinajstić information content (AvgIpc) is 2.37. The van der Waals surface area contributed by atoms with E-state index < -0.39 is 12.0 Å². The van der Waals surface area contributed by atoms with Crippen LogP contribution in [0.1, 0.15) is 5.56 Å². The molecular formula is C12H17NO4. The van der Waals surface area contributed by atoms with Crippen molar-refractivity contribution in [3.8, 4) is 11.5 Å². The summed E-state index contributed by atoms with van der Waals surface area (Å²) in [5.74, 6) is 0.824. The molecule has 0 radical (unpaired) electrons. The third-order valence-corrected chi connectivity index (χ3v) is 2.41. The van der Waals surface area contributed by atoms with Crippen LogP contribution in [0.25, 0.3) is 0 Å². The topological polar surface area (TPSA) is 70.8 Å². The number of carbonyl (C=O) groups excluding carboxylic acids is 1. The zero-order valence-corrected chi connectivity index (χ0v) is 10.2. The third-order valence-electron chi connectivity index (χ3n) is 2.41. The predicted molar refractivity (Wildman–Crippen MR) is 63.2 cm³/mol. The van der Waals surface area contributed by atoms with Gasteiger partial charge in [0.25, 0.3) is 0 Å². The normalized spacial score (nSPS) is 11.8. The Kier molecular flexibility index (Phi) is 4.78. The summed E-state index contributed by atoms with van der Waals surface area (Å²) < 4.78 is 14.8. The van der Waals surface area contributed by atoms with Gasteiger partial charge in [0.1, 0.15) is 6.04 Å². The van der Waals surface area contributed by atoms with Crippen molar-refractivity contribution >= 4 is 5.97 Å². The fourth-order valence-corrected chi connectivity index (χ4v) is 1.50. The maximum Gasteiger partial charge on any atom is 0.322 e. The van der Waals surface area contributed by atoms with Gasteiger partial charge in [0.05, 0.1) is 21.3 Å². The van der Waals surface area contributed by atoms with Crippen molar-refractivity contribution in [2.24, 2.45) is 5.73 Å². The van der Waals surface area contributed by atoms with Crippen LogP contribution >= 0.6 is 0 Å². The monoisotopic (exact) mass is 239 g/mol. The standard InChI is InChI=1S/C12H17NO4/c1-15-10-5-4-8(7-11(10)16-2)6-9(13)12(14)17-3/h4-5,7,9H,6,13H2,1-3H3. The van der Waals surface area contributed by atoms with Gasteiger partial charge in [-0.3, -0.25) is 4.79 Å². The highest BCUT2D eigenvalue weighted by molar-refractivity contribution is 5.75. The first kappa shape index (κ1) is 13.3. The molecule has 0 amide bonds. The van der Waals surface area contributed by atoms with Gasteiger partial charge in [0.2, 0.25) is 0 Å². The van der Waals surface area contributed by atoms with E-state index in [-0.39, 0.29) is 0 Å². The van der Waals surface area contributed by atoms with E-state index in [0.717, 1.165) is 5.56 Å². The number of carbonyl (C=O) groups is 1. The van der Waals surface area contributed by atoms with Crippen molar-refractivity contribution < 1.29 is 19.0 Å². The molecule has 0 aliphatic carbocycles. The molecule has 0 aliphatic heterocycles. The lowest BCUT2D eigenvalue weighted by atomic mass is 10.1. The molecule has 0 saturated heterocycles. The van der Waals surface area contributed by atoms with E-state index in [1.165, 1.54) is 7.11 Å². The highest BCUT2D eigenvalue weighted by Gasteiger charge is 2.15. The fraction of sp³-hybridized carbons (Fsp3) is 0.417. The molecule has 1 atom stereocenters. The number of hydrogen-bond donors (Lipinski definition) is 1. The minimum atomic E-state index is -0.668. The van der Waals surface area contributed by atoms with Crippen LogP contribution in [0.2, 0.25) is 0 Å². The molecule has 0 aromatic heterocycles. The summed E-state index contributed by atoms with van der Waals surface area (Å²) in [7, 11) is 4.44. The number of esters is 1. The van der Waals surface area contributed by atoms with Crippen LogP contribution in [-0.2, 0) is 16.0 Å². The molecular weight excluding hydrogens is 222 g/mol. The maximum absolute atomic E-state index is 11.2. The summed E-state index contributed by atoms with van der Waals surface area (Å²) >= 11 is 0. The first-order valence-electron chi connectivity index (χ1n) is 5.16. The van der Waals surface area contributed by atoms with Gasteiger partial charge < -0.3 is 19.9 Å². The van der Waals surface area contributed by atoms with Crippen molar-refractivity contribution in [2.75, 3.05) is 21.3 Å². The number of ether oxygens (including phenoxy) is 3. The van der Waals surface area contributed by atoms with Crippen molar-refractivity contribution in [3.63, 3.8) is 0 Å². The molecule has 0 fully saturated rings. The molecule has 5 heteroatoms. The predicted octanol–water partition coefficient (Wildman–Crippen LogP) is 0.747. The molecule has 0 heterocycles. The first-order chi connectivity index (χ1) is 8.12. The summed E-state index contributed by atoms with van der Waals surface area (Å²) in [4.78, 5) is 11.2. The van der Waals surface area contributed by atoms with E-state index in [2.05, 4.69) is 4.74 Å². The average molecular weight is 239 g/mol. The highest BCUT2D eigenvalue weighted by Crippen LogP contribution is 2.27. The molecule has 94 valence electrons. The highest BCUT2D eigenvalue weighted by atomic mass is 16.5.